The standard InChI is InChI=1S/C21H14BrNO4/c1-2-27-21(26)12-6-8-13(9-7-12)23-19(24)15-5-3-4-14-17(22)11-10-16(18(14)15)20(23)25/h3-11H,2H2,1H3. The van der Waals surface area contributed by atoms with Gasteiger partial charge in [-0.05, 0) is 54.8 Å². The van der Waals surface area contributed by atoms with E-state index < -0.39 is 5.97 Å². The Kier molecular flexibility index (Phi) is 4.28. The number of carbonyl (C=O) groups excluding carboxylic acids is 3. The average molecular weight is 424 g/mol. The number of hydrogen-bond donors (Lipinski definition) is 0. The highest BCUT2D eigenvalue weighted by Crippen LogP contribution is 2.36. The number of nitrogens with zero attached hydrogens (tertiary/aromatic N) is 1. The number of rotatable bonds is 3. The molecule has 0 atom stereocenters. The molecule has 3 aromatic rings. The van der Waals surface area contributed by atoms with Crippen LogP contribution in [0.4, 0.5) is 5.69 Å². The lowest BCUT2D eigenvalue weighted by atomic mass is 9.93. The third kappa shape index (κ3) is 2.73. The zero-order valence-corrected chi connectivity index (χ0v) is 15.9. The van der Waals surface area contributed by atoms with Gasteiger partial charge < -0.3 is 4.74 Å². The van der Waals surface area contributed by atoms with Gasteiger partial charge in [0.15, 0.2) is 0 Å². The van der Waals surface area contributed by atoms with E-state index in [4.69, 9.17) is 4.74 Å². The van der Waals surface area contributed by atoms with Crippen molar-refractivity contribution in [2.24, 2.45) is 0 Å². The summed E-state index contributed by atoms with van der Waals surface area (Å²) in [7, 11) is 0. The lowest BCUT2D eigenvalue weighted by molar-refractivity contribution is 0.0526. The second-order valence-corrected chi connectivity index (χ2v) is 6.89. The highest BCUT2D eigenvalue weighted by Gasteiger charge is 2.34. The molecule has 0 saturated heterocycles. The number of amides is 2. The van der Waals surface area contributed by atoms with Gasteiger partial charge >= 0.3 is 5.97 Å². The van der Waals surface area contributed by atoms with E-state index in [0.717, 1.165) is 14.8 Å². The summed E-state index contributed by atoms with van der Waals surface area (Å²) in [5.74, 6) is -1.22. The van der Waals surface area contributed by atoms with Crippen molar-refractivity contribution in [2.45, 2.75) is 6.92 Å². The quantitative estimate of drug-likeness (QED) is 0.456. The monoisotopic (exact) mass is 423 g/mol. The Morgan fingerprint density at radius 3 is 2.30 bits per heavy atom. The molecule has 1 heterocycles. The van der Waals surface area contributed by atoms with Gasteiger partial charge in [-0.2, -0.15) is 0 Å². The van der Waals surface area contributed by atoms with Gasteiger partial charge in [-0.3, -0.25) is 9.59 Å². The Bertz CT molecular complexity index is 1080. The van der Waals surface area contributed by atoms with Crippen LogP contribution >= 0.6 is 15.9 Å². The van der Waals surface area contributed by atoms with Crippen LogP contribution in [0.25, 0.3) is 10.8 Å². The highest BCUT2D eigenvalue weighted by molar-refractivity contribution is 9.10. The molecule has 4 rings (SSSR count). The molecule has 0 saturated carbocycles. The molecule has 0 N–H and O–H groups in total. The summed E-state index contributed by atoms with van der Waals surface area (Å²) in [6.07, 6.45) is 0. The number of halogens is 1. The average Bonchev–Trinajstić information content (AvgIpc) is 2.68. The number of esters is 1. The van der Waals surface area contributed by atoms with E-state index in [1.807, 2.05) is 6.07 Å². The molecule has 0 unspecified atom stereocenters. The second kappa shape index (κ2) is 6.63. The SMILES string of the molecule is CCOC(=O)c1ccc(N2C(=O)c3cccc4c(Br)ccc(c34)C2=O)cc1. The second-order valence-electron chi connectivity index (χ2n) is 6.04. The lowest BCUT2D eigenvalue weighted by Gasteiger charge is -2.27. The van der Waals surface area contributed by atoms with Gasteiger partial charge in [0, 0.05) is 21.0 Å². The van der Waals surface area contributed by atoms with Gasteiger partial charge in [0.2, 0.25) is 0 Å². The van der Waals surface area contributed by atoms with E-state index in [2.05, 4.69) is 15.9 Å². The first-order chi connectivity index (χ1) is 13.0. The van der Waals surface area contributed by atoms with E-state index in [0.29, 0.717) is 27.8 Å². The van der Waals surface area contributed by atoms with Crippen LogP contribution in [0.1, 0.15) is 38.0 Å². The molecule has 5 nitrogen and oxygen atoms in total. The lowest BCUT2D eigenvalue weighted by Crippen LogP contribution is -2.40. The molecular weight excluding hydrogens is 410 g/mol. The Hall–Kier alpha value is -2.99. The van der Waals surface area contributed by atoms with Gasteiger partial charge in [-0.1, -0.05) is 28.1 Å². The number of hydrogen-bond acceptors (Lipinski definition) is 4. The zero-order chi connectivity index (χ0) is 19.1. The van der Waals surface area contributed by atoms with Crippen LogP contribution in [0.15, 0.2) is 59.1 Å². The molecule has 0 aliphatic carbocycles. The molecular formula is C21H14BrNO4. The summed E-state index contributed by atoms with van der Waals surface area (Å²) >= 11 is 3.47. The van der Waals surface area contributed by atoms with Gasteiger partial charge in [0.1, 0.15) is 0 Å². The highest BCUT2D eigenvalue weighted by atomic mass is 79.9. The number of imide groups is 1. The van der Waals surface area contributed by atoms with Crippen LogP contribution in [0, 0.1) is 0 Å². The molecule has 0 aromatic heterocycles. The van der Waals surface area contributed by atoms with Crippen LogP contribution in [-0.4, -0.2) is 24.4 Å². The van der Waals surface area contributed by atoms with Crippen LogP contribution in [-0.2, 0) is 4.74 Å². The van der Waals surface area contributed by atoms with Crippen molar-refractivity contribution in [1.29, 1.82) is 0 Å². The molecule has 6 heteroatoms. The number of carbonyl (C=O) groups is 3. The summed E-state index contributed by atoms with van der Waals surface area (Å²) in [6.45, 7) is 2.01. The molecule has 1 aliphatic heterocycles. The van der Waals surface area contributed by atoms with E-state index >= 15 is 0 Å². The van der Waals surface area contributed by atoms with Crippen molar-refractivity contribution in [3.05, 3.63) is 75.8 Å². The smallest absolute Gasteiger partial charge is 0.338 e. The Morgan fingerprint density at radius 1 is 0.963 bits per heavy atom. The third-order valence-corrected chi connectivity index (χ3v) is 5.18. The fourth-order valence-corrected chi connectivity index (χ4v) is 3.72. The van der Waals surface area contributed by atoms with Gasteiger partial charge in [0.25, 0.3) is 11.8 Å². The summed E-state index contributed by atoms with van der Waals surface area (Å²) in [5.41, 5.74) is 1.71. The van der Waals surface area contributed by atoms with Crippen LogP contribution < -0.4 is 4.90 Å². The van der Waals surface area contributed by atoms with Crippen LogP contribution in [0.5, 0.6) is 0 Å². The van der Waals surface area contributed by atoms with Crippen molar-refractivity contribution < 1.29 is 19.1 Å². The first kappa shape index (κ1) is 17.4. The first-order valence-corrected chi connectivity index (χ1v) is 9.19. The first-order valence-electron chi connectivity index (χ1n) is 8.40. The molecule has 0 bridgehead atoms. The summed E-state index contributed by atoms with van der Waals surface area (Å²) in [6, 6.07) is 15.1. The van der Waals surface area contributed by atoms with Gasteiger partial charge in [-0.15, -0.1) is 0 Å². The molecule has 0 fully saturated rings. The minimum absolute atomic E-state index is 0.278. The van der Waals surface area contributed by atoms with Crippen molar-refractivity contribution >= 4 is 50.2 Å². The molecule has 0 radical (unpaired) electrons. The minimum atomic E-state index is -0.444. The minimum Gasteiger partial charge on any atom is -0.462 e. The fourth-order valence-electron chi connectivity index (χ4n) is 3.26. The van der Waals surface area contributed by atoms with Crippen molar-refractivity contribution in [3.63, 3.8) is 0 Å². The van der Waals surface area contributed by atoms with E-state index in [1.54, 1.807) is 55.5 Å². The van der Waals surface area contributed by atoms with Crippen molar-refractivity contribution in [3.8, 4) is 0 Å². The molecule has 3 aromatic carbocycles. The molecule has 134 valence electrons. The Balaban J connectivity index is 1.80. The maximum absolute atomic E-state index is 13.0. The largest absolute Gasteiger partial charge is 0.462 e. The Morgan fingerprint density at radius 2 is 1.63 bits per heavy atom. The van der Waals surface area contributed by atoms with Crippen LogP contribution in [0.3, 0.4) is 0 Å². The molecule has 2 amide bonds. The summed E-state index contributed by atoms with van der Waals surface area (Å²) < 4.78 is 5.79. The number of ether oxygens (including phenoxy) is 1. The maximum atomic E-state index is 13.0. The zero-order valence-electron chi connectivity index (χ0n) is 14.4. The van der Waals surface area contributed by atoms with E-state index in [-0.39, 0.29) is 18.4 Å². The molecule has 1 aliphatic rings. The predicted molar refractivity (Wildman–Crippen MR) is 105 cm³/mol. The predicted octanol–water partition coefficient (Wildman–Crippen LogP) is 4.58. The normalized spacial score (nSPS) is 13.2. The topological polar surface area (TPSA) is 63.7 Å². The van der Waals surface area contributed by atoms with Gasteiger partial charge in [-0.25, -0.2) is 9.69 Å². The van der Waals surface area contributed by atoms with Gasteiger partial charge in [0.05, 0.1) is 17.9 Å². The fraction of sp³-hybridized carbons (Fsp3) is 0.0952. The third-order valence-electron chi connectivity index (χ3n) is 4.49. The van der Waals surface area contributed by atoms with Crippen molar-refractivity contribution in [1.82, 2.24) is 0 Å². The van der Waals surface area contributed by atoms with E-state index in [9.17, 15) is 14.4 Å². The number of anilines is 1. The summed E-state index contributed by atoms with van der Waals surface area (Å²) in [5, 5.41) is 1.48. The summed E-state index contributed by atoms with van der Waals surface area (Å²) in [4.78, 5) is 39.0. The number of benzene rings is 3. The van der Waals surface area contributed by atoms with E-state index in [1.165, 1.54) is 0 Å². The van der Waals surface area contributed by atoms with Crippen LogP contribution in [0.2, 0.25) is 0 Å². The van der Waals surface area contributed by atoms with Crippen molar-refractivity contribution in [2.75, 3.05) is 11.5 Å². The Labute approximate surface area is 163 Å². The molecule has 0 spiro atoms. The molecule has 27 heavy (non-hydrogen) atoms. The maximum Gasteiger partial charge on any atom is 0.338 e.